The molecule has 1 N–H and O–H groups in total. The average Bonchev–Trinajstić information content (AvgIpc) is 3.15. The number of anilines is 1. The Morgan fingerprint density at radius 1 is 1.19 bits per heavy atom. The number of hydrogen-bond acceptors (Lipinski definition) is 4. The standard InChI is InChI=1S/C22H19F3N4O3/c1-12-27-16(11-32-12)10-29-20-5-13(3-4-14(20)9-28(2)22(29)31)21(30)26-8-17-18(24)6-15(23)7-19(17)25/h3-7,11H,8-10H2,1-2H3,(H,26,30). The van der Waals surface area contributed by atoms with Crippen LogP contribution in [-0.2, 0) is 19.6 Å². The van der Waals surface area contributed by atoms with Crippen molar-refractivity contribution >= 4 is 17.6 Å². The highest BCUT2D eigenvalue weighted by Gasteiger charge is 2.29. The Morgan fingerprint density at radius 3 is 2.56 bits per heavy atom. The maximum atomic E-state index is 13.8. The first-order valence-electron chi connectivity index (χ1n) is 9.71. The van der Waals surface area contributed by atoms with Gasteiger partial charge < -0.3 is 14.6 Å². The molecule has 0 aliphatic carbocycles. The minimum Gasteiger partial charge on any atom is -0.449 e. The van der Waals surface area contributed by atoms with Crippen LogP contribution in [0.1, 0.15) is 33.1 Å². The quantitative estimate of drug-likeness (QED) is 0.648. The Labute approximate surface area is 181 Å². The first-order valence-corrected chi connectivity index (χ1v) is 9.71. The van der Waals surface area contributed by atoms with Gasteiger partial charge in [0.25, 0.3) is 5.91 Å². The molecule has 0 atom stereocenters. The Bertz CT molecular complexity index is 1190. The number of aryl methyl sites for hydroxylation is 1. The summed E-state index contributed by atoms with van der Waals surface area (Å²) in [6.07, 6.45) is 1.46. The van der Waals surface area contributed by atoms with Gasteiger partial charge in [0.1, 0.15) is 23.7 Å². The van der Waals surface area contributed by atoms with Gasteiger partial charge in [0.15, 0.2) is 5.89 Å². The van der Waals surface area contributed by atoms with E-state index in [2.05, 4.69) is 10.3 Å². The van der Waals surface area contributed by atoms with Gasteiger partial charge in [0, 0.05) is 50.3 Å². The smallest absolute Gasteiger partial charge is 0.324 e. The van der Waals surface area contributed by atoms with Crippen molar-refractivity contribution < 1.29 is 27.2 Å². The number of nitrogens with one attached hydrogen (secondary N) is 1. The molecule has 0 fully saturated rings. The second-order valence-corrected chi connectivity index (χ2v) is 7.46. The number of halogens is 3. The van der Waals surface area contributed by atoms with Crippen LogP contribution < -0.4 is 10.2 Å². The van der Waals surface area contributed by atoms with Crippen LogP contribution in [0.3, 0.4) is 0 Å². The van der Waals surface area contributed by atoms with Gasteiger partial charge in [-0.1, -0.05) is 6.07 Å². The van der Waals surface area contributed by atoms with Gasteiger partial charge in [-0.25, -0.2) is 22.9 Å². The number of aromatic nitrogens is 1. The highest BCUT2D eigenvalue weighted by molar-refractivity contribution is 5.99. The van der Waals surface area contributed by atoms with Gasteiger partial charge in [-0.05, 0) is 17.7 Å². The van der Waals surface area contributed by atoms with Gasteiger partial charge in [-0.2, -0.15) is 0 Å². The second-order valence-electron chi connectivity index (χ2n) is 7.46. The summed E-state index contributed by atoms with van der Waals surface area (Å²) < 4.78 is 46.0. The molecule has 0 bridgehead atoms. The van der Waals surface area contributed by atoms with E-state index >= 15 is 0 Å². The third-order valence-electron chi connectivity index (χ3n) is 5.12. The van der Waals surface area contributed by atoms with E-state index in [0.29, 0.717) is 35.9 Å². The van der Waals surface area contributed by atoms with Crippen LogP contribution in [0.5, 0.6) is 0 Å². The number of amides is 3. The number of benzene rings is 2. The molecule has 0 saturated heterocycles. The van der Waals surface area contributed by atoms with E-state index in [1.807, 2.05) is 0 Å². The first kappa shape index (κ1) is 21.4. The van der Waals surface area contributed by atoms with Crippen molar-refractivity contribution in [2.45, 2.75) is 26.6 Å². The lowest BCUT2D eigenvalue weighted by molar-refractivity contribution is 0.0950. The summed E-state index contributed by atoms with van der Waals surface area (Å²) in [6.45, 7) is 1.73. The second kappa shape index (κ2) is 8.37. The third-order valence-corrected chi connectivity index (χ3v) is 5.12. The van der Waals surface area contributed by atoms with Crippen LogP contribution in [0, 0.1) is 24.4 Å². The summed E-state index contributed by atoms with van der Waals surface area (Å²) in [6, 6.07) is 5.65. The van der Waals surface area contributed by atoms with Gasteiger partial charge >= 0.3 is 6.03 Å². The van der Waals surface area contributed by atoms with E-state index in [-0.39, 0.29) is 18.1 Å². The molecule has 0 unspecified atom stereocenters. The van der Waals surface area contributed by atoms with E-state index in [4.69, 9.17) is 4.42 Å². The molecule has 2 aromatic carbocycles. The minimum absolute atomic E-state index is 0.143. The molecule has 7 nitrogen and oxygen atoms in total. The zero-order valence-electron chi connectivity index (χ0n) is 17.3. The molecule has 1 aliphatic heterocycles. The van der Waals surface area contributed by atoms with Crippen molar-refractivity contribution in [2.24, 2.45) is 0 Å². The number of fused-ring (bicyclic) bond motifs is 1. The molecule has 1 aliphatic rings. The van der Waals surface area contributed by atoms with Crippen LogP contribution in [0.4, 0.5) is 23.7 Å². The number of urea groups is 1. The van der Waals surface area contributed by atoms with Gasteiger partial charge in [0.05, 0.1) is 17.9 Å². The van der Waals surface area contributed by atoms with E-state index in [1.165, 1.54) is 16.1 Å². The summed E-state index contributed by atoms with van der Waals surface area (Å²) in [5.74, 6) is -3.35. The molecule has 10 heteroatoms. The molecule has 2 heterocycles. The van der Waals surface area contributed by atoms with E-state index in [1.54, 1.807) is 32.2 Å². The van der Waals surface area contributed by atoms with Crippen molar-refractivity contribution in [1.82, 2.24) is 15.2 Å². The molecule has 3 amide bonds. The zero-order valence-corrected chi connectivity index (χ0v) is 17.3. The SMILES string of the molecule is Cc1nc(CN2C(=O)N(C)Cc3ccc(C(=O)NCc4c(F)cc(F)cc4F)cc32)co1. The molecule has 32 heavy (non-hydrogen) atoms. The fourth-order valence-electron chi connectivity index (χ4n) is 3.53. The Morgan fingerprint density at radius 2 is 1.91 bits per heavy atom. The zero-order chi connectivity index (χ0) is 23.0. The van der Waals surface area contributed by atoms with E-state index in [9.17, 15) is 22.8 Å². The lowest BCUT2D eigenvalue weighted by Crippen LogP contribution is -2.45. The predicted molar refractivity (Wildman–Crippen MR) is 108 cm³/mol. The number of oxazole rings is 1. The molecule has 0 saturated carbocycles. The topological polar surface area (TPSA) is 78.7 Å². The third kappa shape index (κ3) is 4.16. The number of carbonyl (C=O) groups is 2. The maximum absolute atomic E-state index is 13.8. The highest BCUT2D eigenvalue weighted by Crippen LogP contribution is 2.30. The summed E-state index contributed by atoms with van der Waals surface area (Å²) in [4.78, 5) is 32.6. The van der Waals surface area contributed by atoms with Crippen LogP contribution in [0.2, 0.25) is 0 Å². The number of carbonyl (C=O) groups excluding carboxylic acids is 2. The highest BCUT2D eigenvalue weighted by atomic mass is 19.1. The summed E-state index contributed by atoms with van der Waals surface area (Å²) in [5.41, 5.74) is 1.65. The van der Waals surface area contributed by atoms with E-state index < -0.39 is 35.5 Å². The number of rotatable bonds is 5. The largest absolute Gasteiger partial charge is 0.449 e. The van der Waals surface area contributed by atoms with E-state index in [0.717, 1.165) is 5.56 Å². The normalized spacial score (nSPS) is 13.3. The molecule has 1 aromatic heterocycles. The Balaban J connectivity index is 1.58. The van der Waals surface area contributed by atoms with Crippen molar-refractivity contribution in [1.29, 1.82) is 0 Å². The van der Waals surface area contributed by atoms with Gasteiger partial charge in [-0.3, -0.25) is 9.69 Å². The molecule has 3 aromatic rings. The Kier molecular flexibility index (Phi) is 5.60. The van der Waals surface area contributed by atoms with Crippen LogP contribution in [0.15, 0.2) is 41.0 Å². The predicted octanol–water partition coefficient (Wildman–Crippen LogP) is 3.90. The molecule has 0 radical (unpaired) electrons. The summed E-state index contributed by atoms with van der Waals surface area (Å²) >= 11 is 0. The van der Waals surface area contributed by atoms with Crippen molar-refractivity contribution in [2.75, 3.05) is 11.9 Å². The molecular weight excluding hydrogens is 425 g/mol. The van der Waals surface area contributed by atoms with Crippen LogP contribution in [-0.4, -0.2) is 28.9 Å². The molecular formula is C22H19F3N4O3. The van der Waals surface area contributed by atoms with Crippen molar-refractivity contribution in [3.8, 4) is 0 Å². The first-order chi connectivity index (χ1) is 15.2. The lowest BCUT2D eigenvalue weighted by Gasteiger charge is -2.35. The summed E-state index contributed by atoms with van der Waals surface area (Å²) in [5, 5.41) is 2.43. The van der Waals surface area contributed by atoms with Gasteiger partial charge in [-0.15, -0.1) is 0 Å². The lowest BCUT2D eigenvalue weighted by atomic mass is 10.0. The van der Waals surface area contributed by atoms with Crippen molar-refractivity contribution in [3.63, 3.8) is 0 Å². The molecule has 0 spiro atoms. The van der Waals surface area contributed by atoms with Crippen molar-refractivity contribution in [3.05, 3.63) is 82.3 Å². The summed E-state index contributed by atoms with van der Waals surface area (Å²) in [7, 11) is 1.67. The monoisotopic (exact) mass is 444 g/mol. The Hall–Kier alpha value is -3.82. The fraction of sp³-hybridized carbons (Fsp3) is 0.227. The van der Waals surface area contributed by atoms with Gasteiger partial charge in [0.2, 0.25) is 0 Å². The van der Waals surface area contributed by atoms with Crippen LogP contribution in [0.25, 0.3) is 0 Å². The number of hydrogen-bond donors (Lipinski definition) is 1. The average molecular weight is 444 g/mol. The fourth-order valence-corrected chi connectivity index (χ4v) is 3.53. The minimum atomic E-state index is -1.09. The maximum Gasteiger partial charge on any atom is 0.324 e. The van der Waals surface area contributed by atoms with Crippen LogP contribution >= 0.6 is 0 Å². The molecule has 4 rings (SSSR count). The number of nitrogens with zero attached hydrogens (tertiary/aromatic N) is 3. The molecule has 166 valence electrons.